The Bertz CT molecular complexity index is 456. The van der Waals surface area contributed by atoms with Crippen molar-refractivity contribution in [1.29, 1.82) is 0 Å². The highest BCUT2D eigenvalue weighted by Gasteiger charge is 2.33. The Morgan fingerprint density at radius 1 is 1.23 bits per heavy atom. The highest BCUT2D eigenvalue weighted by Crippen LogP contribution is 2.46. The number of hydrogen-bond donors (Lipinski definition) is 0. The van der Waals surface area contributed by atoms with Crippen LogP contribution in [-0.4, -0.2) is 0 Å². The molecule has 0 aromatic heterocycles. The summed E-state index contributed by atoms with van der Waals surface area (Å²) in [5.74, 6) is 1.31. The van der Waals surface area contributed by atoms with E-state index in [1.54, 1.807) is 16.7 Å². The SMILES string of the molecule is C/C=C(\C)CC/C=C(\C)C(C)C(C)C1=C(C)CCCC1(C)C. The van der Waals surface area contributed by atoms with Crippen molar-refractivity contribution in [2.45, 2.75) is 87.5 Å². The van der Waals surface area contributed by atoms with E-state index in [1.807, 2.05) is 0 Å². The predicted octanol–water partition coefficient (Wildman–Crippen LogP) is 7.48. The summed E-state index contributed by atoms with van der Waals surface area (Å²) in [6, 6.07) is 0. The van der Waals surface area contributed by atoms with Crippen molar-refractivity contribution in [3.8, 4) is 0 Å². The Morgan fingerprint density at radius 2 is 1.86 bits per heavy atom. The molecule has 0 heterocycles. The Balaban J connectivity index is 2.83. The smallest absolute Gasteiger partial charge is 0.0139 e. The second-order valence-corrected chi connectivity index (χ2v) is 8.13. The lowest BCUT2D eigenvalue weighted by atomic mass is 9.65. The van der Waals surface area contributed by atoms with Crippen molar-refractivity contribution in [3.63, 3.8) is 0 Å². The topological polar surface area (TPSA) is 0 Å². The maximum Gasteiger partial charge on any atom is -0.0139 e. The van der Waals surface area contributed by atoms with Gasteiger partial charge in [0.2, 0.25) is 0 Å². The lowest BCUT2D eigenvalue weighted by Gasteiger charge is -2.40. The third-order valence-corrected chi connectivity index (χ3v) is 5.96. The normalized spacial score (nSPS) is 22.7. The molecule has 0 bridgehead atoms. The van der Waals surface area contributed by atoms with Crippen LogP contribution < -0.4 is 0 Å². The lowest BCUT2D eigenvalue weighted by molar-refractivity contribution is 0.304. The summed E-state index contributed by atoms with van der Waals surface area (Å²) < 4.78 is 0. The highest BCUT2D eigenvalue weighted by molar-refractivity contribution is 5.27. The third-order valence-electron chi connectivity index (χ3n) is 5.96. The van der Waals surface area contributed by atoms with Crippen LogP contribution in [0, 0.1) is 17.3 Å². The molecule has 1 rings (SSSR count). The van der Waals surface area contributed by atoms with Crippen molar-refractivity contribution in [2.75, 3.05) is 0 Å². The van der Waals surface area contributed by atoms with E-state index in [9.17, 15) is 0 Å². The van der Waals surface area contributed by atoms with E-state index in [1.165, 1.54) is 37.7 Å². The fraction of sp³-hybridized carbons (Fsp3) is 0.727. The molecule has 0 amide bonds. The highest BCUT2D eigenvalue weighted by atomic mass is 14.4. The van der Waals surface area contributed by atoms with Gasteiger partial charge in [-0.3, -0.25) is 0 Å². The molecule has 0 heteroatoms. The van der Waals surface area contributed by atoms with Gasteiger partial charge in [-0.15, -0.1) is 0 Å². The number of hydrogen-bond acceptors (Lipinski definition) is 0. The van der Waals surface area contributed by atoms with Crippen LogP contribution in [0.5, 0.6) is 0 Å². The van der Waals surface area contributed by atoms with Gasteiger partial charge in [-0.2, -0.15) is 0 Å². The van der Waals surface area contributed by atoms with Gasteiger partial charge in [0, 0.05) is 0 Å². The summed E-state index contributed by atoms with van der Waals surface area (Å²) in [6.07, 6.45) is 11.1. The van der Waals surface area contributed by atoms with Gasteiger partial charge in [0.15, 0.2) is 0 Å². The first-order valence-corrected chi connectivity index (χ1v) is 9.19. The number of allylic oxidation sites excluding steroid dienone is 6. The van der Waals surface area contributed by atoms with Crippen LogP contribution in [0.3, 0.4) is 0 Å². The molecule has 0 N–H and O–H groups in total. The van der Waals surface area contributed by atoms with Gasteiger partial charge in [0.1, 0.15) is 0 Å². The minimum Gasteiger partial charge on any atom is -0.0887 e. The summed E-state index contributed by atoms with van der Waals surface area (Å²) in [6.45, 7) is 18.8. The molecular formula is C22H38. The van der Waals surface area contributed by atoms with Crippen LogP contribution >= 0.6 is 0 Å². The van der Waals surface area contributed by atoms with E-state index in [2.05, 4.69) is 67.5 Å². The van der Waals surface area contributed by atoms with Gasteiger partial charge < -0.3 is 0 Å². The molecule has 0 fully saturated rings. The Hall–Kier alpha value is -0.780. The zero-order valence-corrected chi connectivity index (χ0v) is 16.3. The summed E-state index contributed by atoms with van der Waals surface area (Å²) in [5.41, 5.74) is 6.85. The quantitative estimate of drug-likeness (QED) is 0.446. The van der Waals surface area contributed by atoms with Crippen LogP contribution in [0.2, 0.25) is 0 Å². The molecule has 0 nitrogen and oxygen atoms in total. The average molecular weight is 303 g/mol. The Kier molecular flexibility index (Phi) is 7.16. The largest absolute Gasteiger partial charge is 0.0887 e. The third kappa shape index (κ3) is 4.86. The summed E-state index contributed by atoms with van der Waals surface area (Å²) >= 11 is 0. The molecule has 1 aliphatic carbocycles. The van der Waals surface area contributed by atoms with Crippen molar-refractivity contribution in [3.05, 3.63) is 34.4 Å². The molecule has 0 aromatic carbocycles. The van der Waals surface area contributed by atoms with Crippen LogP contribution in [0.4, 0.5) is 0 Å². The molecule has 2 unspecified atom stereocenters. The molecule has 0 aliphatic heterocycles. The molecule has 0 radical (unpaired) electrons. The van der Waals surface area contributed by atoms with E-state index >= 15 is 0 Å². The van der Waals surface area contributed by atoms with E-state index in [0.29, 0.717) is 17.3 Å². The Morgan fingerprint density at radius 3 is 2.41 bits per heavy atom. The van der Waals surface area contributed by atoms with Gasteiger partial charge in [-0.25, -0.2) is 0 Å². The fourth-order valence-corrected chi connectivity index (χ4v) is 4.15. The second-order valence-electron chi connectivity index (χ2n) is 8.13. The summed E-state index contributed by atoms with van der Waals surface area (Å²) in [5, 5.41) is 0. The zero-order chi connectivity index (χ0) is 16.9. The maximum absolute atomic E-state index is 2.47. The molecule has 2 atom stereocenters. The van der Waals surface area contributed by atoms with Gasteiger partial charge in [0.05, 0.1) is 0 Å². The minimum absolute atomic E-state index is 0.387. The van der Waals surface area contributed by atoms with Crippen LogP contribution in [0.15, 0.2) is 34.4 Å². The average Bonchev–Trinajstić information content (AvgIpc) is 2.44. The molecule has 0 spiro atoms. The van der Waals surface area contributed by atoms with Gasteiger partial charge in [-0.1, -0.05) is 62.1 Å². The van der Waals surface area contributed by atoms with Gasteiger partial charge >= 0.3 is 0 Å². The van der Waals surface area contributed by atoms with E-state index in [4.69, 9.17) is 0 Å². The summed E-state index contributed by atoms with van der Waals surface area (Å²) in [4.78, 5) is 0. The predicted molar refractivity (Wildman–Crippen MR) is 101 cm³/mol. The molecular weight excluding hydrogens is 264 g/mol. The van der Waals surface area contributed by atoms with Gasteiger partial charge in [0.25, 0.3) is 0 Å². The van der Waals surface area contributed by atoms with Crippen molar-refractivity contribution < 1.29 is 0 Å². The van der Waals surface area contributed by atoms with Crippen LogP contribution in [-0.2, 0) is 0 Å². The first-order valence-electron chi connectivity index (χ1n) is 9.19. The van der Waals surface area contributed by atoms with Crippen molar-refractivity contribution >= 4 is 0 Å². The van der Waals surface area contributed by atoms with Crippen LogP contribution in [0.25, 0.3) is 0 Å². The van der Waals surface area contributed by atoms with Crippen molar-refractivity contribution in [1.82, 2.24) is 0 Å². The first-order chi connectivity index (χ1) is 10.2. The maximum atomic E-state index is 2.47. The molecule has 126 valence electrons. The monoisotopic (exact) mass is 302 g/mol. The zero-order valence-electron chi connectivity index (χ0n) is 16.3. The van der Waals surface area contributed by atoms with E-state index < -0.39 is 0 Å². The fourth-order valence-electron chi connectivity index (χ4n) is 4.15. The van der Waals surface area contributed by atoms with Gasteiger partial charge in [-0.05, 0) is 77.0 Å². The minimum atomic E-state index is 0.387. The second kappa shape index (κ2) is 8.18. The first kappa shape index (κ1) is 19.3. The lowest BCUT2D eigenvalue weighted by Crippen LogP contribution is -2.28. The molecule has 22 heavy (non-hydrogen) atoms. The Labute approximate surface area is 139 Å². The molecule has 0 saturated carbocycles. The number of rotatable bonds is 6. The van der Waals surface area contributed by atoms with Crippen LogP contribution in [0.1, 0.15) is 87.5 Å². The standard InChI is InChI=1S/C22H38/c1-9-16(2)12-10-13-17(3)19(5)20(6)21-18(4)14-11-15-22(21,7)8/h9,13,19-20H,10-12,14-15H2,1-8H3/b16-9+,17-13+. The molecule has 0 saturated heterocycles. The van der Waals surface area contributed by atoms with E-state index in [-0.39, 0.29) is 0 Å². The van der Waals surface area contributed by atoms with Crippen molar-refractivity contribution in [2.24, 2.45) is 17.3 Å². The summed E-state index contributed by atoms with van der Waals surface area (Å²) in [7, 11) is 0. The van der Waals surface area contributed by atoms with E-state index in [0.717, 1.165) is 0 Å². The molecule has 0 aromatic rings. The molecule has 1 aliphatic rings.